The first-order chi connectivity index (χ1) is 8.95. The molecule has 0 fully saturated rings. The number of amides is 1. The number of anilines is 1. The zero-order valence-corrected chi connectivity index (χ0v) is 11.3. The number of carbonyl (C=O) groups excluding carboxylic acids is 1. The van der Waals surface area contributed by atoms with Crippen molar-refractivity contribution in [1.29, 1.82) is 0 Å². The highest BCUT2D eigenvalue weighted by molar-refractivity contribution is 5.95. The number of carbonyl (C=O) groups is 2. The van der Waals surface area contributed by atoms with Gasteiger partial charge in [0.15, 0.2) is 0 Å². The van der Waals surface area contributed by atoms with Crippen molar-refractivity contribution >= 4 is 17.6 Å². The zero-order chi connectivity index (χ0) is 14.4. The van der Waals surface area contributed by atoms with Crippen molar-refractivity contribution in [3.05, 3.63) is 29.8 Å². The fraction of sp³-hybridized carbons (Fsp3) is 0.429. The zero-order valence-electron chi connectivity index (χ0n) is 11.3. The summed E-state index contributed by atoms with van der Waals surface area (Å²) in [4.78, 5) is 23.9. The molecule has 0 radical (unpaired) electrons. The van der Waals surface area contributed by atoms with Crippen LogP contribution < -0.4 is 10.6 Å². The SMILES string of the molecule is CCCc1ccc(N(C)C(=O)CC(N)C(=O)O)cc1. The summed E-state index contributed by atoms with van der Waals surface area (Å²) in [6.07, 6.45) is 1.87. The average molecular weight is 264 g/mol. The van der Waals surface area contributed by atoms with E-state index in [2.05, 4.69) is 6.92 Å². The number of aliphatic carboxylic acids is 1. The lowest BCUT2D eigenvalue weighted by atomic mass is 10.1. The molecule has 1 aromatic rings. The third-order valence-corrected chi connectivity index (χ3v) is 2.95. The molecule has 104 valence electrons. The number of nitrogens with zero attached hydrogens (tertiary/aromatic N) is 1. The lowest BCUT2D eigenvalue weighted by Gasteiger charge is -2.18. The van der Waals surface area contributed by atoms with E-state index in [9.17, 15) is 9.59 Å². The number of nitrogens with two attached hydrogens (primary N) is 1. The minimum atomic E-state index is -1.17. The molecule has 0 aliphatic carbocycles. The van der Waals surface area contributed by atoms with Crippen LogP contribution in [-0.4, -0.2) is 30.1 Å². The summed E-state index contributed by atoms with van der Waals surface area (Å²) in [6.45, 7) is 2.11. The van der Waals surface area contributed by atoms with E-state index in [-0.39, 0.29) is 12.3 Å². The third kappa shape index (κ3) is 4.37. The Hall–Kier alpha value is -1.88. The Morgan fingerprint density at radius 1 is 1.32 bits per heavy atom. The smallest absolute Gasteiger partial charge is 0.321 e. The van der Waals surface area contributed by atoms with E-state index < -0.39 is 12.0 Å². The van der Waals surface area contributed by atoms with E-state index in [1.165, 1.54) is 10.5 Å². The molecule has 19 heavy (non-hydrogen) atoms. The van der Waals surface area contributed by atoms with Gasteiger partial charge >= 0.3 is 5.97 Å². The van der Waals surface area contributed by atoms with Crippen LogP contribution in [0.3, 0.4) is 0 Å². The second kappa shape index (κ2) is 6.89. The van der Waals surface area contributed by atoms with Crippen molar-refractivity contribution in [2.24, 2.45) is 5.73 Å². The van der Waals surface area contributed by atoms with Gasteiger partial charge in [-0.15, -0.1) is 0 Å². The van der Waals surface area contributed by atoms with Crippen molar-refractivity contribution in [2.45, 2.75) is 32.2 Å². The molecule has 1 unspecified atom stereocenters. The number of hydrogen-bond donors (Lipinski definition) is 2. The van der Waals surface area contributed by atoms with E-state index in [1.54, 1.807) is 7.05 Å². The minimum Gasteiger partial charge on any atom is -0.480 e. The quantitative estimate of drug-likeness (QED) is 0.813. The standard InChI is InChI=1S/C14H20N2O3/c1-3-4-10-5-7-11(8-6-10)16(2)13(17)9-12(15)14(18)19/h5-8,12H,3-4,9,15H2,1-2H3,(H,18,19). The van der Waals surface area contributed by atoms with Crippen molar-refractivity contribution in [3.8, 4) is 0 Å². The average Bonchev–Trinajstić information content (AvgIpc) is 2.39. The highest BCUT2D eigenvalue weighted by atomic mass is 16.4. The van der Waals surface area contributed by atoms with Gasteiger partial charge in [-0.05, 0) is 24.1 Å². The molecule has 0 heterocycles. The Morgan fingerprint density at radius 3 is 2.37 bits per heavy atom. The van der Waals surface area contributed by atoms with Crippen molar-refractivity contribution in [2.75, 3.05) is 11.9 Å². The Bertz CT molecular complexity index is 443. The maximum absolute atomic E-state index is 11.9. The molecule has 1 amide bonds. The Morgan fingerprint density at radius 2 is 1.89 bits per heavy atom. The normalized spacial score (nSPS) is 11.9. The van der Waals surface area contributed by atoms with Crippen LogP contribution in [0.2, 0.25) is 0 Å². The molecule has 5 heteroatoms. The second-order valence-corrected chi connectivity index (χ2v) is 4.52. The van der Waals surface area contributed by atoms with Crippen LogP contribution in [-0.2, 0) is 16.0 Å². The monoisotopic (exact) mass is 264 g/mol. The maximum atomic E-state index is 11.9. The van der Waals surface area contributed by atoms with Gasteiger partial charge in [0, 0.05) is 12.7 Å². The molecule has 0 saturated heterocycles. The van der Waals surface area contributed by atoms with Gasteiger partial charge in [0.05, 0.1) is 6.42 Å². The molecule has 0 aliphatic rings. The predicted molar refractivity (Wildman–Crippen MR) is 74.1 cm³/mol. The number of aryl methyl sites for hydroxylation is 1. The summed E-state index contributed by atoms with van der Waals surface area (Å²) in [5, 5.41) is 8.68. The third-order valence-electron chi connectivity index (χ3n) is 2.95. The molecule has 0 bridgehead atoms. The summed E-state index contributed by atoms with van der Waals surface area (Å²) in [7, 11) is 1.62. The van der Waals surface area contributed by atoms with Crippen LogP contribution in [0.4, 0.5) is 5.69 Å². The number of benzene rings is 1. The van der Waals surface area contributed by atoms with E-state index in [4.69, 9.17) is 10.8 Å². The first-order valence-electron chi connectivity index (χ1n) is 6.29. The topological polar surface area (TPSA) is 83.6 Å². The number of rotatable bonds is 6. The van der Waals surface area contributed by atoms with Gasteiger partial charge in [0.25, 0.3) is 0 Å². The number of hydrogen-bond acceptors (Lipinski definition) is 3. The van der Waals surface area contributed by atoms with Crippen LogP contribution in [0, 0.1) is 0 Å². The highest BCUT2D eigenvalue weighted by Crippen LogP contribution is 2.16. The molecule has 1 rings (SSSR count). The summed E-state index contributed by atoms with van der Waals surface area (Å²) in [5.41, 5.74) is 7.31. The molecule has 0 aliphatic heterocycles. The first kappa shape index (κ1) is 15.2. The highest BCUT2D eigenvalue weighted by Gasteiger charge is 2.19. The Balaban J connectivity index is 2.68. The van der Waals surface area contributed by atoms with Gasteiger partial charge in [0.1, 0.15) is 6.04 Å². The van der Waals surface area contributed by atoms with E-state index in [1.807, 2.05) is 24.3 Å². The first-order valence-corrected chi connectivity index (χ1v) is 6.29. The fourth-order valence-electron chi connectivity index (χ4n) is 1.73. The van der Waals surface area contributed by atoms with Crippen molar-refractivity contribution in [1.82, 2.24) is 0 Å². The number of carboxylic acid groups (broad SMARTS) is 1. The maximum Gasteiger partial charge on any atom is 0.321 e. The molecule has 3 N–H and O–H groups in total. The molecule has 1 aromatic carbocycles. The van der Waals surface area contributed by atoms with E-state index in [0.29, 0.717) is 0 Å². The lowest BCUT2D eigenvalue weighted by molar-refractivity contribution is -0.140. The van der Waals surface area contributed by atoms with Gasteiger partial charge in [-0.2, -0.15) is 0 Å². The molecular weight excluding hydrogens is 244 g/mol. The molecule has 1 atom stereocenters. The largest absolute Gasteiger partial charge is 0.480 e. The summed E-state index contributed by atoms with van der Waals surface area (Å²) in [5.74, 6) is -1.47. The summed E-state index contributed by atoms with van der Waals surface area (Å²) in [6, 6.07) is 6.50. The van der Waals surface area contributed by atoms with Gasteiger partial charge in [-0.25, -0.2) is 0 Å². The van der Waals surface area contributed by atoms with Gasteiger partial charge < -0.3 is 15.7 Å². The number of carboxylic acids is 1. The molecule has 5 nitrogen and oxygen atoms in total. The summed E-state index contributed by atoms with van der Waals surface area (Å²) >= 11 is 0. The van der Waals surface area contributed by atoms with E-state index >= 15 is 0 Å². The molecule has 0 aromatic heterocycles. The molecular formula is C14H20N2O3. The second-order valence-electron chi connectivity index (χ2n) is 4.52. The lowest BCUT2D eigenvalue weighted by Crippen LogP contribution is -2.37. The Kier molecular flexibility index (Phi) is 5.51. The predicted octanol–water partition coefficient (Wildman–Crippen LogP) is 1.40. The van der Waals surface area contributed by atoms with E-state index in [0.717, 1.165) is 18.5 Å². The van der Waals surface area contributed by atoms with Crippen LogP contribution in [0.15, 0.2) is 24.3 Å². The fourth-order valence-corrected chi connectivity index (χ4v) is 1.73. The summed E-state index contributed by atoms with van der Waals surface area (Å²) < 4.78 is 0. The van der Waals surface area contributed by atoms with Crippen LogP contribution in [0.1, 0.15) is 25.3 Å². The van der Waals surface area contributed by atoms with Gasteiger partial charge in [-0.1, -0.05) is 25.5 Å². The van der Waals surface area contributed by atoms with Crippen LogP contribution in [0.5, 0.6) is 0 Å². The van der Waals surface area contributed by atoms with Crippen LogP contribution >= 0.6 is 0 Å². The molecule has 0 saturated carbocycles. The molecule has 0 spiro atoms. The van der Waals surface area contributed by atoms with Gasteiger partial charge in [0.2, 0.25) is 5.91 Å². The van der Waals surface area contributed by atoms with Crippen LogP contribution in [0.25, 0.3) is 0 Å². The van der Waals surface area contributed by atoms with Crippen molar-refractivity contribution in [3.63, 3.8) is 0 Å². The Labute approximate surface area is 113 Å². The minimum absolute atomic E-state index is 0.206. The van der Waals surface area contributed by atoms with Crippen molar-refractivity contribution < 1.29 is 14.7 Å². The van der Waals surface area contributed by atoms with Gasteiger partial charge in [-0.3, -0.25) is 9.59 Å².